The van der Waals surface area contributed by atoms with E-state index in [4.69, 9.17) is 0 Å². The van der Waals surface area contributed by atoms with Crippen molar-refractivity contribution in [1.82, 2.24) is 29.5 Å². The Balaban J connectivity index is 1.38. The summed E-state index contributed by atoms with van der Waals surface area (Å²) in [6.07, 6.45) is 0.944. The quantitative estimate of drug-likeness (QED) is 0.424. The van der Waals surface area contributed by atoms with E-state index < -0.39 is 23.1 Å². The van der Waals surface area contributed by atoms with Crippen LogP contribution in [0.25, 0.3) is 27.8 Å². The molecule has 1 saturated carbocycles. The Morgan fingerprint density at radius 1 is 1.06 bits per heavy atom. The van der Waals surface area contributed by atoms with Gasteiger partial charge in [0.1, 0.15) is 5.69 Å². The second-order valence-corrected chi connectivity index (χ2v) is 8.26. The van der Waals surface area contributed by atoms with Crippen molar-refractivity contribution in [3.05, 3.63) is 92.6 Å². The summed E-state index contributed by atoms with van der Waals surface area (Å²) in [5.41, 5.74) is 1.39. The molecule has 11 heteroatoms. The first-order valence-corrected chi connectivity index (χ1v) is 10.4. The summed E-state index contributed by atoms with van der Waals surface area (Å²) in [4.78, 5) is 36.5. The van der Waals surface area contributed by atoms with Gasteiger partial charge in [-0.25, -0.2) is 19.3 Å². The molecule has 0 radical (unpaired) electrons. The van der Waals surface area contributed by atoms with Gasteiger partial charge in [-0.2, -0.15) is 18.3 Å². The lowest BCUT2D eigenvalue weighted by atomic mass is 10.0. The zero-order valence-electron chi connectivity index (χ0n) is 17.3. The van der Waals surface area contributed by atoms with Crippen molar-refractivity contribution in [2.45, 2.75) is 24.4 Å². The summed E-state index contributed by atoms with van der Waals surface area (Å²) < 4.78 is 40.5. The number of benzene rings is 1. The van der Waals surface area contributed by atoms with Crippen molar-refractivity contribution >= 4 is 16.6 Å². The molecule has 1 fully saturated rings. The third kappa shape index (κ3) is 3.36. The van der Waals surface area contributed by atoms with Crippen LogP contribution in [-0.2, 0) is 6.18 Å². The second-order valence-electron chi connectivity index (χ2n) is 8.26. The monoisotopic (exact) mass is 464 g/mol. The van der Waals surface area contributed by atoms with Crippen LogP contribution < -0.4 is 11.2 Å². The lowest BCUT2D eigenvalue weighted by Gasteiger charge is -2.09. The SMILES string of the molecule is O=c1[nH]cc(-c2cc(C3C[C@H]3c3ccc4nc(C(F)(F)F)ccc4c3)c3nccn3n2)c(=O)[nH]1. The van der Waals surface area contributed by atoms with Crippen LogP contribution >= 0.6 is 0 Å². The van der Waals surface area contributed by atoms with Crippen LogP contribution in [0.1, 0.15) is 35.1 Å². The number of aromatic nitrogens is 6. The number of halogens is 3. The summed E-state index contributed by atoms with van der Waals surface area (Å²) >= 11 is 0. The van der Waals surface area contributed by atoms with Crippen LogP contribution in [-0.4, -0.2) is 29.5 Å². The van der Waals surface area contributed by atoms with Gasteiger partial charge in [0.2, 0.25) is 0 Å². The number of imidazole rings is 1. The van der Waals surface area contributed by atoms with Crippen LogP contribution in [0.2, 0.25) is 0 Å². The standard InChI is InChI=1S/C23H15F3N6O2/c24-23(25,26)19-4-2-12-7-11(1-3-17(12)29-19)13-8-14(13)15-9-18(31-32-6-5-27-20(15)32)16-10-28-22(34)30-21(16)33/h1-7,9-10,13-14H,8H2,(H2,28,30,33,34)/t13-,14?/m0/s1. The predicted octanol–water partition coefficient (Wildman–Crippen LogP) is 3.61. The molecule has 2 N–H and O–H groups in total. The Bertz CT molecular complexity index is 1700. The number of rotatable bonds is 3. The van der Waals surface area contributed by atoms with E-state index in [9.17, 15) is 22.8 Å². The van der Waals surface area contributed by atoms with E-state index in [2.05, 4.69) is 25.0 Å². The molecule has 170 valence electrons. The number of hydrogen-bond acceptors (Lipinski definition) is 5. The summed E-state index contributed by atoms with van der Waals surface area (Å²) in [6.45, 7) is 0. The molecule has 0 spiro atoms. The molecule has 0 bridgehead atoms. The number of nitrogens with zero attached hydrogens (tertiary/aromatic N) is 4. The van der Waals surface area contributed by atoms with Crippen LogP contribution in [0, 0.1) is 0 Å². The molecule has 0 aliphatic heterocycles. The highest BCUT2D eigenvalue weighted by molar-refractivity contribution is 5.80. The summed E-state index contributed by atoms with van der Waals surface area (Å²) in [5.74, 6) is 0.227. The summed E-state index contributed by atoms with van der Waals surface area (Å²) in [7, 11) is 0. The Morgan fingerprint density at radius 2 is 1.91 bits per heavy atom. The summed E-state index contributed by atoms with van der Waals surface area (Å²) in [5, 5.41) is 5.08. The van der Waals surface area contributed by atoms with Gasteiger partial charge in [-0.3, -0.25) is 9.78 Å². The lowest BCUT2D eigenvalue weighted by molar-refractivity contribution is -0.140. The minimum Gasteiger partial charge on any atom is -0.313 e. The van der Waals surface area contributed by atoms with Gasteiger partial charge in [-0.05, 0) is 48.1 Å². The van der Waals surface area contributed by atoms with E-state index in [1.807, 2.05) is 6.07 Å². The fourth-order valence-corrected chi connectivity index (χ4v) is 4.39. The molecule has 1 aliphatic rings. The molecule has 1 aliphatic carbocycles. The highest BCUT2D eigenvalue weighted by Crippen LogP contribution is 2.56. The Kier molecular flexibility index (Phi) is 4.25. The first kappa shape index (κ1) is 20.3. The zero-order valence-corrected chi connectivity index (χ0v) is 17.3. The van der Waals surface area contributed by atoms with Crippen molar-refractivity contribution in [3.8, 4) is 11.3 Å². The van der Waals surface area contributed by atoms with Crippen molar-refractivity contribution < 1.29 is 13.2 Å². The molecule has 5 aromatic rings. The normalized spacial score (nSPS) is 18.0. The molecule has 1 aromatic carbocycles. The molecule has 2 atom stereocenters. The second kappa shape index (κ2) is 7.11. The molecular weight excluding hydrogens is 449 g/mol. The molecular formula is C23H15F3N6O2. The van der Waals surface area contributed by atoms with Crippen LogP contribution in [0.15, 0.2) is 64.6 Å². The van der Waals surface area contributed by atoms with Gasteiger partial charge < -0.3 is 4.98 Å². The average molecular weight is 464 g/mol. The number of alkyl halides is 3. The van der Waals surface area contributed by atoms with E-state index in [0.717, 1.165) is 23.6 Å². The van der Waals surface area contributed by atoms with Gasteiger partial charge in [0, 0.05) is 29.5 Å². The fourth-order valence-electron chi connectivity index (χ4n) is 4.39. The fraction of sp³-hybridized carbons (Fsp3) is 0.174. The smallest absolute Gasteiger partial charge is 0.313 e. The molecule has 1 unspecified atom stereocenters. The van der Waals surface area contributed by atoms with Crippen LogP contribution in [0.4, 0.5) is 13.2 Å². The first-order valence-electron chi connectivity index (χ1n) is 10.4. The van der Waals surface area contributed by atoms with Crippen molar-refractivity contribution in [3.63, 3.8) is 0 Å². The van der Waals surface area contributed by atoms with Gasteiger partial charge in [-0.1, -0.05) is 12.1 Å². The van der Waals surface area contributed by atoms with Gasteiger partial charge in [0.05, 0.1) is 16.8 Å². The average Bonchev–Trinajstić information content (AvgIpc) is 3.45. The van der Waals surface area contributed by atoms with Gasteiger partial charge in [-0.15, -0.1) is 0 Å². The van der Waals surface area contributed by atoms with E-state index in [-0.39, 0.29) is 22.9 Å². The molecule has 0 saturated heterocycles. The Labute approximate surface area is 188 Å². The van der Waals surface area contributed by atoms with Gasteiger partial charge >= 0.3 is 11.9 Å². The molecule has 0 amide bonds. The minimum absolute atomic E-state index is 0.0911. The molecule has 8 nitrogen and oxygen atoms in total. The maximum Gasteiger partial charge on any atom is 0.433 e. The minimum atomic E-state index is -4.49. The largest absolute Gasteiger partial charge is 0.433 e. The van der Waals surface area contributed by atoms with Crippen molar-refractivity contribution in [1.29, 1.82) is 0 Å². The topological polar surface area (TPSA) is 109 Å². The van der Waals surface area contributed by atoms with E-state index in [1.165, 1.54) is 12.3 Å². The van der Waals surface area contributed by atoms with E-state index >= 15 is 0 Å². The Morgan fingerprint density at radius 3 is 2.71 bits per heavy atom. The summed E-state index contributed by atoms with van der Waals surface area (Å²) in [6, 6.07) is 9.50. The number of pyridine rings is 1. The highest BCUT2D eigenvalue weighted by atomic mass is 19.4. The van der Waals surface area contributed by atoms with Crippen molar-refractivity contribution in [2.75, 3.05) is 0 Å². The number of fused-ring (bicyclic) bond motifs is 2. The lowest BCUT2D eigenvalue weighted by Crippen LogP contribution is -2.23. The van der Waals surface area contributed by atoms with E-state index in [1.54, 1.807) is 35.1 Å². The Hall–Kier alpha value is -4.28. The number of H-pyrrole nitrogens is 2. The van der Waals surface area contributed by atoms with Gasteiger partial charge in [0.25, 0.3) is 5.56 Å². The molecule has 6 rings (SSSR count). The number of aromatic amines is 2. The number of hydrogen-bond donors (Lipinski definition) is 2. The molecule has 34 heavy (non-hydrogen) atoms. The highest BCUT2D eigenvalue weighted by Gasteiger charge is 2.41. The molecule has 4 heterocycles. The van der Waals surface area contributed by atoms with E-state index in [0.29, 0.717) is 16.7 Å². The van der Waals surface area contributed by atoms with Gasteiger partial charge in [0.15, 0.2) is 5.65 Å². The molecule has 4 aromatic heterocycles. The first-order chi connectivity index (χ1) is 16.3. The third-order valence-electron chi connectivity index (χ3n) is 6.10. The zero-order chi connectivity index (χ0) is 23.6. The van der Waals surface area contributed by atoms with Crippen LogP contribution in [0.5, 0.6) is 0 Å². The van der Waals surface area contributed by atoms with Crippen LogP contribution in [0.3, 0.4) is 0 Å². The maximum absolute atomic E-state index is 13.0. The maximum atomic E-state index is 13.0. The third-order valence-corrected chi connectivity index (χ3v) is 6.10. The number of nitrogens with one attached hydrogen (secondary N) is 2. The van der Waals surface area contributed by atoms with Crippen molar-refractivity contribution in [2.24, 2.45) is 0 Å². The predicted molar refractivity (Wildman–Crippen MR) is 117 cm³/mol.